The van der Waals surface area contributed by atoms with Crippen molar-refractivity contribution in [1.29, 1.82) is 0 Å². The third kappa shape index (κ3) is 10.9. The van der Waals surface area contributed by atoms with Crippen molar-refractivity contribution in [1.82, 2.24) is 4.90 Å². The smallest absolute Gasteiger partial charge is 0.317 e. The Labute approximate surface area is 105 Å². The number of unbranched alkanes of at least 4 members (excludes halogenated alkanes) is 3. The molecule has 0 spiro atoms. The lowest BCUT2D eigenvalue weighted by molar-refractivity contribution is -0.142. The molecule has 0 aromatic rings. The highest BCUT2D eigenvalue weighted by molar-refractivity contribution is 5.72. The van der Waals surface area contributed by atoms with E-state index >= 15 is 0 Å². The zero-order valence-corrected chi connectivity index (χ0v) is 10.2. The lowest BCUT2D eigenvalue weighted by Gasteiger charge is -2.17. The van der Waals surface area contributed by atoms with Gasteiger partial charge in [-0.3, -0.25) is 19.3 Å². The van der Waals surface area contributed by atoms with Gasteiger partial charge in [-0.15, -0.1) is 0 Å². The largest absolute Gasteiger partial charge is 0.481 e. The number of hydrogen-bond acceptors (Lipinski definition) is 4. The van der Waals surface area contributed by atoms with Crippen LogP contribution >= 0.6 is 0 Å². The molecule has 18 heavy (non-hydrogen) atoms. The van der Waals surface area contributed by atoms with Crippen LogP contribution in [0, 0.1) is 0 Å². The first-order chi connectivity index (χ1) is 8.41. The highest BCUT2D eigenvalue weighted by atomic mass is 16.4. The van der Waals surface area contributed by atoms with Crippen LogP contribution in [-0.4, -0.2) is 57.8 Å². The standard InChI is InChI=1S/C11H19NO6/c13-9(14)5-3-1-2-4-6-12(7-10(15)16)8-11(17)18/h1-8H2,(H,13,14)(H,15,16)(H,17,18). The lowest BCUT2D eigenvalue weighted by Crippen LogP contribution is -2.35. The molecule has 0 atom stereocenters. The summed E-state index contributed by atoms with van der Waals surface area (Å²) in [6.07, 6.45) is 2.91. The molecule has 0 heterocycles. The summed E-state index contributed by atoms with van der Waals surface area (Å²) in [5.41, 5.74) is 0. The van der Waals surface area contributed by atoms with Crippen molar-refractivity contribution in [3.8, 4) is 0 Å². The number of aliphatic carboxylic acids is 3. The minimum Gasteiger partial charge on any atom is -0.481 e. The van der Waals surface area contributed by atoms with Gasteiger partial charge in [0.15, 0.2) is 0 Å². The Balaban J connectivity index is 3.72. The fraction of sp³-hybridized carbons (Fsp3) is 0.727. The van der Waals surface area contributed by atoms with Crippen LogP contribution in [0.1, 0.15) is 32.1 Å². The Morgan fingerprint density at radius 1 is 0.722 bits per heavy atom. The van der Waals surface area contributed by atoms with Crippen LogP contribution in [0.3, 0.4) is 0 Å². The van der Waals surface area contributed by atoms with E-state index in [-0.39, 0.29) is 19.5 Å². The molecule has 0 aliphatic carbocycles. The summed E-state index contributed by atoms with van der Waals surface area (Å²) < 4.78 is 0. The second kappa shape index (κ2) is 9.41. The van der Waals surface area contributed by atoms with Crippen LogP contribution < -0.4 is 0 Å². The minimum atomic E-state index is -1.05. The van der Waals surface area contributed by atoms with Gasteiger partial charge in [-0.05, 0) is 19.4 Å². The highest BCUT2D eigenvalue weighted by Crippen LogP contribution is 2.04. The second-order valence-corrected chi connectivity index (χ2v) is 4.06. The number of carboxylic acids is 3. The summed E-state index contributed by atoms with van der Waals surface area (Å²) in [6, 6.07) is 0. The Bertz CT molecular complexity index is 275. The molecule has 0 saturated carbocycles. The summed E-state index contributed by atoms with van der Waals surface area (Å²) in [6.45, 7) is -0.186. The van der Waals surface area contributed by atoms with Crippen molar-refractivity contribution in [3.05, 3.63) is 0 Å². The van der Waals surface area contributed by atoms with Crippen molar-refractivity contribution in [2.45, 2.75) is 32.1 Å². The fourth-order valence-corrected chi connectivity index (χ4v) is 1.56. The zero-order chi connectivity index (χ0) is 14.0. The quantitative estimate of drug-likeness (QED) is 0.463. The summed E-state index contributed by atoms with van der Waals surface area (Å²) in [4.78, 5) is 32.6. The van der Waals surface area contributed by atoms with E-state index in [1.54, 1.807) is 0 Å². The molecule has 0 amide bonds. The fourth-order valence-electron chi connectivity index (χ4n) is 1.56. The summed E-state index contributed by atoms with van der Waals surface area (Å²) in [7, 11) is 0. The molecule has 0 aliphatic heterocycles. The third-order valence-corrected chi connectivity index (χ3v) is 2.33. The third-order valence-electron chi connectivity index (χ3n) is 2.33. The van der Waals surface area contributed by atoms with E-state index < -0.39 is 17.9 Å². The normalized spacial score (nSPS) is 10.5. The monoisotopic (exact) mass is 261 g/mol. The molecule has 104 valence electrons. The SMILES string of the molecule is O=C(O)CCCCCCN(CC(=O)O)CC(=O)O. The van der Waals surface area contributed by atoms with Crippen molar-refractivity contribution < 1.29 is 29.7 Å². The molecule has 0 aliphatic rings. The minimum absolute atomic E-state index is 0.133. The van der Waals surface area contributed by atoms with Gasteiger partial charge in [0.1, 0.15) is 0 Å². The Morgan fingerprint density at radius 2 is 1.22 bits per heavy atom. The van der Waals surface area contributed by atoms with Crippen LogP contribution in [0.25, 0.3) is 0 Å². The molecule has 3 N–H and O–H groups in total. The van der Waals surface area contributed by atoms with Crippen molar-refractivity contribution >= 4 is 17.9 Å². The molecule has 0 aromatic carbocycles. The van der Waals surface area contributed by atoms with Crippen LogP contribution in [0.4, 0.5) is 0 Å². The maximum Gasteiger partial charge on any atom is 0.317 e. The van der Waals surface area contributed by atoms with Gasteiger partial charge < -0.3 is 15.3 Å². The van der Waals surface area contributed by atoms with Crippen molar-refractivity contribution in [3.63, 3.8) is 0 Å². The van der Waals surface area contributed by atoms with Crippen molar-refractivity contribution in [2.75, 3.05) is 19.6 Å². The van der Waals surface area contributed by atoms with Gasteiger partial charge in [-0.2, -0.15) is 0 Å². The molecule has 0 rings (SSSR count). The molecule has 7 nitrogen and oxygen atoms in total. The molecule has 7 heteroatoms. The number of carboxylic acid groups (broad SMARTS) is 3. The first-order valence-corrected chi connectivity index (χ1v) is 5.79. The molecule has 0 unspecified atom stereocenters. The molecule has 0 fully saturated rings. The van der Waals surface area contributed by atoms with Gasteiger partial charge >= 0.3 is 17.9 Å². The summed E-state index contributed by atoms with van der Waals surface area (Å²) in [5, 5.41) is 25.6. The highest BCUT2D eigenvalue weighted by Gasteiger charge is 2.12. The van der Waals surface area contributed by atoms with Gasteiger partial charge in [0.25, 0.3) is 0 Å². The van der Waals surface area contributed by atoms with Crippen LogP contribution in [0.15, 0.2) is 0 Å². The first kappa shape index (κ1) is 16.4. The average Bonchev–Trinajstić information content (AvgIpc) is 2.20. The van der Waals surface area contributed by atoms with Crippen LogP contribution in [-0.2, 0) is 14.4 Å². The van der Waals surface area contributed by atoms with Crippen LogP contribution in [0.2, 0.25) is 0 Å². The molecule has 0 radical (unpaired) electrons. The summed E-state index contributed by atoms with van der Waals surface area (Å²) in [5.74, 6) is -2.93. The van der Waals surface area contributed by atoms with Gasteiger partial charge in [-0.25, -0.2) is 0 Å². The topological polar surface area (TPSA) is 115 Å². The molecular formula is C11H19NO6. The summed E-state index contributed by atoms with van der Waals surface area (Å²) >= 11 is 0. The maximum atomic E-state index is 10.5. The van der Waals surface area contributed by atoms with E-state index in [4.69, 9.17) is 15.3 Å². The Kier molecular flexibility index (Phi) is 8.55. The van der Waals surface area contributed by atoms with Gasteiger partial charge in [-0.1, -0.05) is 12.8 Å². The number of nitrogens with zero attached hydrogens (tertiary/aromatic N) is 1. The van der Waals surface area contributed by atoms with Gasteiger partial charge in [0.05, 0.1) is 13.1 Å². The molecule has 0 aromatic heterocycles. The van der Waals surface area contributed by atoms with E-state index in [1.165, 1.54) is 4.90 Å². The lowest BCUT2D eigenvalue weighted by atomic mass is 10.1. The zero-order valence-electron chi connectivity index (χ0n) is 10.2. The molecular weight excluding hydrogens is 242 g/mol. The van der Waals surface area contributed by atoms with Crippen LogP contribution in [0.5, 0.6) is 0 Å². The second-order valence-electron chi connectivity index (χ2n) is 4.06. The molecule has 0 bridgehead atoms. The van der Waals surface area contributed by atoms with Gasteiger partial charge in [0.2, 0.25) is 0 Å². The number of rotatable bonds is 11. The van der Waals surface area contributed by atoms with E-state index in [1.807, 2.05) is 0 Å². The maximum absolute atomic E-state index is 10.5. The van der Waals surface area contributed by atoms with E-state index in [0.29, 0.717) is 19.4 Å². The van der Waals surface area contributed by atoms with E-state index in [0.717, 1.165) is 12.8 Å². The van der Waals surface area contributed by atoms with Gasteiger partial charge in [0, 0.05) is 6.42 Å². The Hall–Kier alpha value is -1.63. The van der Waals surface area contributed by atoms with E-state index in [2.05, 4.69) is 0 Å². The predicted octanol–water partition coefficient (Wildman–Crippen LogP) is 0.493. The van der Waals surface area contributed by atoms with Crippen molar-refractivity contribution in [2.24, 2.45) is 0 Å². The van der Waals surface area contributed by atoms with E-state index in [9.17, 15) is 14.4 Å². The first-order valence-electron chi connectivity index (χ1n) is 5.79. The average molecular weight is 261 g/mol. The molecule has 0 saturated heterocycles. The number of hydrogen-bond donors (Lipinski definition) is 3. The Morgan fingerprint density at radius 3 is 1.67 bits per heavy atom. The predicted molar refractivity (Wildman–Crippen MR) is 62.4 cm³/mol. The number of carbonyl (C=O) groups is 3.